The van der Waals surface area contributed by atoms with E-state index in [4.69, 9.17) is 16.3 Å². The summed E-state index contributed by atoms with van der Waals surface area (Å²) >= 11 is 5.71. The van der Waals surface area contributed by atoms with E-state index in [-0.39, 0.29) is 29.7 Å². The van der Waals surface area contributed by atoms with Crippen molar-refractivity contribution in [2.45, 2.75) is 18.9 Å². The summed E-state index contributed by atoms with van der Waals surface area (Å²) in [6.45, 7) is 0.141. The first-order valence-corrected chi connectivity index (χ1v) is 7.89. The molecule has 1 aliphatic rings. The van der Waals surface area contributed by atoms with Gasteiger partial charge in [0.2, 0.25) is 5.91 Å². The number of ether oxygens (including phenoxy) is 1. The highest BCUT2D eigenvalue weighted by atomic mass is 35.5. The fourth-order valence-electron chi connectivity index (χ4n) is 2.72. The molecule has 2 amide bonds. The molecule has 1 fully saturated rings. The number of imide groups is 1. The number of carbonyl (C=O) groups is 2. The number of rotatable bonds is 4. The molecular weight excluding hydrogens is 333 g/mol. The van der Waals surface area contributed by atoms with E-state index in [2.05, 4.69) is 0 Å². The van der Waals surface area contributed by atoms with Gasteiger partial charge in [0.15, 0.2) is 0 Å². The zero-order valence-corrected chi connectivity index (χ0v) is 13.5. The first-order chi connectivity index (χ1) is 11.5. The van der Waals surface area contributed by atoms with Crippen LogP contribution in [0.5, 0.6) is 0 Å². The molecule has 6 heteroatoms. The number of benzene rings is 2. The van der Waals surface area contributed by atoms with Crippen LogP contribution < -0.4 is 0 Å². The fraction of sp³-hybridized carbons (Fsp3) is 0.222. The van der Waals surface area contributed by atoms with Crippen molar-refractivity contribution < 1.29 is 18.7 Å². The SMILES string of the molecule is O=C(Cc1ccc(Cl)cc1F)N1C(=O)OC[C@@H]1Cc1ccccc1. The number of cyclic esters (lactones) is 1. The molecule has 0 N–H and O–H groups in total. The molecule has 24 heavy (non-hydrogen) atoms. The van der Waals surface area contributed by atoms with Crippen molar-refractivity contribution in [2.24, 2.45) is 0 Å². The molecule has 1 heterocycles. The molecule has 4 nitrogen and oxygen atoms in total. The number of halogens is 2. The quantitative estimate of drug-likeness (QED) is 0.848. The lowest BCUT2D eigenvalue weighted by Crippen LogP contribution is -2.41. The second-order valence-electron chi connectivity index (χ2n) is 5.60. The highest BCUT2D eigenvalue weighted by Gasteiger charge is 2.37. The van der Waals surface area contributed by atoms with E-state index < -0.39 is 17.8 Å². The normalized spacial score (nSPS) is 17.0. The van der Waals surface area contributed by atoms with E-state index in [9.17, 15) is 14.0 Å². The number of hydrogen-bond acceptors (Lipinski definition) is 3. The predicted molar refractivity (Wildman–Crippen MR) is 87.2 cm³/mol. The summed E-state index contributed by atoms with van der Waals surface area (Å²) in [6.07, 6.45) is -0.402. The van der Waals surface area contributed by atoms with Crippen LogP contribution >= 0.6 is 11.6 Å². The van der Waals surface area contributed by atoms with E-state index in [1.165, 1.54) is 12.1 Å². The molecule has 0 spiro atoms. The van der Waals surface area contributed by atoms with Gasteiger partial charge in [0, 0.05) is 5.02 Å². The van der Waals surface area contributed by atoms with Crippen LogP contribution in [-0.4, -0.2) is 29.5 Å². The van der Waals surface area contributed by atoms with E-state index in [1.54, 1.807) is 0 Å². The Morgan fingerprint density at radius 2 is 2.00 bits per heavy atom. The third-order valence-corrected chi connectivity index (χ3v) is 4.14. The van der Waals surface area contributed by atoms with E-state index in [1.807, 2.05) is 30.3 Å². The van der Waals surface area contributed by atoms with Crippen molar-refractivity contribution in [3.8, 4) is 0 Å². The van der Waals surface area contributed by atoms with Crippen molar-refractivity contribution >= 4 is 23.6 Å². The molecule has 3 rings (SSSR count). The summed E-state index contributed by atoms with van der Waals surface area (Å²) < 4.78 is 18.9. The largest absolute Gasteiger partial charge is 0.447 e. The Kier molecular flexibility index (Phi) is 4.81. The van der Waals surface area contributed by atoms with Crippen LogP contribution in [0.3, 0.4) is 0 Å². The number of carbonyl (C=O) groups excluding carboxylic acids is 2. The van der Waals surface area contributed by atoms with Gasteiger partial charge in [-0.2, -0.15) is 0 Å². The molecule has 1 atom stereocenters. The van der Waals surface area contributed by atoms with E-state index in [0.717, 1.165) is 16.5 Å². The van der Waals surface area contributed by atoms with Crippen LogP contribution in [0.15, 0.2) is 48.5 Å². The van der Waals surface area contributed by atoms with Crippen molar-refractivity contribution in [3.05, 3.63) is 70.5 Å². The molecule has 0 aliphatic carbocycles. The molecule has 124 valence electrons. The molecule has 0 aromatic heterocycles. The monoisotopic (exact) mass is 347 g/mol. The lowest BCUT2D eigenvalue weighted by molar-refractivity contribution is -0.128. The molecule has 1 saturated heterocycles. The second kappa shape index (κ2) is 7.01. The molecule has 0 unspecified atom stereocenters. The van der Waals surface area contributed by atoms with Crippen molar-refractivity contribution in [3.63, 3.8) is 0 Å². The first-order valence-electron chi connectivity index (χ1n) is 7.51. The first kappa shape index (κ1) is 16.5. The number of hydrogen-bond donors (Lipinski definition) is 0. The summed E-state index contributed by atoms with van der Waals surface area (Å²) in [4.78, 5) is 25.5. The van der Waals surface area contributed by atoms with E-state index >= 15 is 0 Å². The summed E-state index contributed by atoms with van der Waals surface area (Å²) in [5.74, 6) is -1.05. The minimum Gasteiger partial charge on any atom is -0.447 e. The smallest absolute Gasteiger partial charge is 0.416 e. The van der Waals surface area contributed by atoms with Crippen molar-refractivity contribution in [1.82, 2.24) is 4.90 Å². The summed E-state index contributed by atoms with van der Waals surface area (Å²) in [6, 6.07) is 13.2. The third kappa shape index (κ3) is 3.57. The molecule has 0 saturated carbocycles. The fourth-order valence-corrected chi connectivity index (χ4v) is 2.87. The summed E-state index contributed by atoms with van der Waals surface area (Å²) in [7, 11) is 0. The average molecular weight is 348 g/mol. The summed E-state index contributed by atoms with van der Waals surface area (Å²) in [5, 5.41) is 0.256. The zero-order valence-electron chi connectivity index (χ0n) is 12.7. The van der Waals surface area contributed by atoms with Gasteiger partial charge < -0.3 is 4.74 Å². The highest BCUT2D eigenvalue weighted by molar-refractivity contribution is 6.30. The predicted octanol–water partition coefficient (Wildman–Crippen LogP) is 3.61. The average Bonchev–Trinajstić information content (AvgIpc) is 2.91. The number of nitrogens with zero attached hydrogens (tertiary/aromatic N) is 1. The van der Waals surface area contributed by atoms with Crippen LogP contribution in [0.4, 0.5) is 9.18 Å². The third-order valence-electron chi connectivity index (χ3n) is 3.90. The van der Waals surface area contributed by atoms with Gasteiger partial charge in [0.25, 0.3) is 0 Å². The van der Waals surface area contributed by atoms with Crippen molar-refractivity contribution in [2.75, 3.05) is 6.61 Å². The molecule has 0 radical (unpaired) electrons. The number of amides is 2. The van der Waals surface area contributed by atoms with Gasteiger partial charge >= 0.3 is 6.09 Å². The maximum atomic E-state index is 13.9. The Labute approximate surface area is 143 Å². The van der Waals surface area contributed by atoms with E-state index in [0.29, 0.717) is 6.42 Å². The molecule has 2 aromatic carbocycles. The maximum absolute atomic E-state index is 13.9. The lowest BCUT2D eigenvalue weighted by Gasteiger charge is -2.20. The Hall–Kier alpha value is -2.40. The molecule has 0 bridgehead atoms. The van der Waals surface area contributed by atoms with Crippen LogP contribution in [0, 0.1) is 5.82 Å². The van der Waals surface area contributed by atoms with Crippen LogP contribution in [0.2, 0.25) is 5.02 Å². The van der Waals surface area contributed by atoms with Crippen molar-refractivity contribution in [1.29, 1.82) is 0 Å². The Bertz CT molecular complexity index is 766. The van der Waals surface area contributed by atoms with Gasteiger partial charge in [-0.1, -0.05) is 48.0 Å². The molecule has 2 aromatic rings. The summed E-state index contributed by atoms with van der Waals surface area (Å²) in [5.41, 5.74) is 1.19. The minimum atomic E-state index is -0.685. The zero-order chi connectivity index (χ0) is 17.1. The Morgan fingerprint density at radius 1 is 1.25 bits per heavy atom. The lowest BCUT2D eigenvalue weighted by atomic mass is 10.0. The van der Waals surface area contributed by atoms with Gasteiger partial charge in [-0.15, -0.1) is 0 Å². The van der Waals surface area contributed by atoms with Gasteiger partial charge in [-0.25, -0.2) is 14.1 Å². The van der Waals surface area contributed by atoms with Crippen LogP contribution in [0.1, 0.15) is 11.1 Å². The van der Waals surface area contributed by atoms with Crippen LogP contribution in [-0.2, 0) is 22.4 Å². The van der Waals surface area contributed by atoms with Gasteiger partial charge in [0.05, 0.1) is 12.5 Å². The highest BCUT2D eigenvalue weighted by Crippen LogP contribution is 2.21. The minimum absolute atomic E-state index is 0.141. The Balaban J connectivity index is 1.75. The standard InChI is InChI=1S/C18H15ClFNO3/c19-14-7-6-13(16(20)10-14)9-17(22)21-15(11-24-18(21)23)8-12-4-2-1-3-5-12/h1-7,10,15H,8-9,11H2/t15-/m0/s1. The van der Waals surface area contributed by atoms with Gasteiger partial charge in [-0.3, -0.25) is 4.79 Å². The second-order valence-corrected chi connectivity index (χ2v) is 6.03. The maximum Gasteiger partial charge on any atom is 0.416 e. The van der Waals surface area contributed by atoms with Gasteiger partial charge in [-0.05, 0) is 29.7 Å². The molecule has 1 aliphatic heterocycles. The molecular formula is C18H15ClFNO3. The van der Waals surface area contributed by atoms with Crippen LogP contribution in [0.25, 0.3) is 0 Å². The van der Waals surface area contributed by atoms with Gasteiger partial charge in [0.1, 0.15) is 12.4 Å². The Morgan fingerprint density at radius 3 is 2.71 bits per heavy atom. The topological polar surface area (TPSA) is 46.6 Å².